The van der Waals surface area contributed by atoms with Crippen LogP contribution in [0.25, 0.3) is 0 Å². The molecule has 2 fully saturated rings. The molecule has 1 saturated heterocycles. The van der Waals surface area contributed by atoms with Crippen molar-refractivity contribution in [1.29, 1.82) is 0 Å². The van der Waals surface area contributed by atoms with Crippen LogP contribution in [-0.2, 0) is 29.5 Å². The summed E-state index contributed by atoms with van der Waals surface area (Å²) in [7, 11) is 0. The Hall–Kier alpha value is -1.53. The van der Waals surface area contributed by atoms with E-state index >= 15 is 0 Å². The molecular weight excluding hydrogens is 380 g/mol. The molecule has 3 atom stereocenters. The third kappa shape index (κ3) is 4.48. The minimum atomic E-state index is -1.93. The molecule has 0 bridgehead atoms. The van der Waals surface area contributed by atoms with Crippen LogP contribution >= 0.6 is 0 Å². The molecule has 29 heavy (non-hydrogen) atoms. The smallest absolute Gasteiger partial charge is 0.231 e. The van der Waals surface area contributed by atoms with Gasteiger partial charge in [-0.2, -0.15) is 0 Å². The number of piperidine rings is 1. The molecule has 0 aromatic heterocycles. The second-order valence-electron chi connectivity index (χ2n) is 8.55. The number of likely N-dealkylation sites (tertiary alicyclic amines) is 1. The van der Waals surface area contributed by atoms with E-state index < -0.39 is 11.3 Å². The van der Waals surface area contributed by atoms with E-state index in [0.717, 1.165) is 18.3 Å². The number of aryl methyl sites for hydroxylation is 1. The fourth-order valence-electron chi connectivity index (χ4n) is 5.61. The van der Waals surface area contributed by atoms with Crippen molar-refractivity contribution in [3.63, 3.8) is 0 Å². The molecule has 0 spiro atoms. The zero-order chi connectivity index (χ0) is 20.3. The van der Waals surface area contributed by atoms with Gasteiger partial charge in [0, 0.05) is 25.0 Å². The number of fused-ring (bicyclic) bond motifs is 1. The maximum atomic E-state index is 10.8. The summed E-state index contributed by atoms with van der Waals surface area (Å²) in [5.74, 6) is 1.56. The number of hydrogen-bond acceptors (Lipinski definition) is 2. The second kappa shape index (κ2) is 9.09. The standard InChI is InChI=1S/C24H32N2O2S/c1-2-24(21-12-6-10-20(16-21)13-14-25-29(27)28)22-17-26(18-23(22)24)15-7-11-19-8-4-3-5-9-19/h3-6,8-10,12,16,22-23,25H,2,7,11,13-15,17-18H2,1H3,(H,27,28). The van der Waals surface area contributed by atoms with E-state index in [4.69, 9.17) is 4.55 Å². The lowest BCUT2D eigenvalue weighted by atomic mass is 9.86. The Morgan fingerprint density at radius 2 is 1.79 bits per heavy atom. The van der Waals surface area contributed by atoms with E-state index in [9.17, 15) is 4.21 Å². The van der Waals surface area contributed by atoms with E-state index in [-0.39, 0.29) is 0 Å². The van der Waals surface area contributed by atoms with Crippen LogP contribution in [0.1, 0.15) is 36.5 Å². The molecular formula is C24H32N2O2S. The van der Waals surface area contributed by atoms with Gasteiger partial charge in [0.05, 0.1) is 0 Å². The maximum absolute atomic E-state index is 10.8. The van der Waals surface area contributed by atoms with Crippen LogP contribution in [-0.4, -0.2) is 39.8 Å². The lowest BCUT2D eigenvalue weighted by molar-refractivity contribution is 0.266. The van der Waals surface area contributed by atoms with Gasteiger partial charge in [-0.15, -0.1) is 0 Å². The van der Waals surface area contributed by atoms with Gasteiger partial charge < -0.3 is 4.90 Å². The summed E-state index contributed by atoms with van der Waals surface area (Å²) in [5.41, 5.74) is 4.51. The van der Waals surface area contributed by atoms with Crippen molar-refractivity contribution in [2.75, 3.05) is 26.2 Å². The Labute approximate surface area is 177 Å². The molecule has 2 aromatic rings. The van der Waals surface area contributed by atoms with Gasteiger partial charge in [0.2, 0.25) is 11.3 Å². The van der Waals surface area contributed by atoms with E-state index in [1.165, 1.54) is 55.6 Å². The zero-order valence-corrected chi connectivity index (χ0v) is 18.0. The lowest BCUT2D eigenvalue weighted by Gasteiger charge is -2.27. The van der Waals surface area contributed by atoms with Gasteiger partial charge in [-0.1, -0.05) is 61.5 Å². The molecule has 1 aliphatic carbocycles. The van der Waals surface area contributed by atoms with E-state index in [1.807, 2.05) is 0 Å². The molecule has 1 heterocycles. The molecule has 5 heteroatoms. The highest BCUT2D eigenvalue weighted by Gasteiger charge is 2.67. The molecule has 0 radical (unpaired) electrons. The monoisotopic (exact) mass is 412 g/mol. The summed E-state index contributed by atoms with van der Waals surface area (Å²) in [6.45, 7) is 6.51. The fourth-order valence-corrected chi connectivity index (χ4v) is 5.88. The van der Waals surface area contributed by atoms with Crippen molar-refractivity contribution in [3.05, 3.63) is 71.3 Å². The third-order valence-corrected chi connectivity index (χ3v) is 7.53. The van der Waals surface area contributed by atoms with E-state index in [1.54, 1.807) is 0 Å². The van der Waals surface area contributed by atoms with Crippen LogP contribution in [0.4, 0.5) is 0 Å². The first-order valence-electron chi connectivity index (χ1n) is 10.8. The molecule has 1 aliphatic heterocycles. The number of hydrogen-bond donors (Lipinski definition) is 2. The predicted molar refractivity (Wildman–Crippen MR) is 119 cm³/mol. The number of nitrogens with one attached hydrogen (secondary N) is 1. The van der Waals surface area contributed by atoms with Gasteiger partial charge >= 0.3 is 0 Å². The molecule has 2 aliphatic rings. The molecule has 4 nitrogen and oxygen atoms in total. The summed E-state index contributed by atoms with van der Waals surface area (Å²) in [6.07, 6.45) is 4.38. The van der Waals surface area contributed by atoms with Crippen molar-refractivity contribution in [3.8, 4) is 0 Å². The minimum Gasteiger partial charge on any atom is -0.303 e. The number of nitrogens with zero attached hydrogens (tertiary/aromatic N) is 1. The van der Waals surface area contributed by atoms with Gasteiger partial charge in [0.15, 0.2) is 0 Å². The molecule has 4 rings (SSSR count). The third-order valence-electron chi connectivity index (χ3n) is 7.08. The first kappa shape index (κ1) is 20.7. The predicted octanol–water partition coefficient (Wildman–Crippen LogP) is 3.80. The van der Waals surface area contributed by atoms with Gasteiger partial charge in [0.25, 0.3) is 0 Å². The Morgan fingerprint density at radius 3 is 2.48 bits per heavy atom. The van der Waals surface area contributed by atoms with Crippen molar-refractivity contribution >= 4 is 11.3 Å². The summed E-state index contributed by atoms with van der Waals surface area (Å²) in [6, 6.07) is 19.7. The normalized spacial score (nSPS) is 27.0. The largest absolute Gasteiger partial charge is 0.303 e. The lowest BCUT2D eigenvalue weighted by Crippen LogP contribution is -2.31. The van der Waals surface area contributed by atoms with E-state index in [0.29, 0.717) is 12.0 Å². The molecule has 0 amide bonds. The summed E-state index contributed by atoms with van der Waals surface area (Å²) < 4.78 is 22.2. The molecule has 2 N–H and O–H groups in total. The first-order valence-corrected chi connectivity index (χ1v) is 11.9. The highest BCUT2D eigenvalue weighted by molar-refractivity contribution is 7.77. The number of rotatable bonds is 10. The zero-order valence-electron chi connectivity index (χ0n) is 17.2. The maximum Gasteiger partial charge on any atom is 0.231 e. The minimum absolute atomic E-state index is 0.346. The number of benzene rings is 2. The van der Waals surface area contributed by atoms with Crippen LogP contribution in [0.2, 0.25) is 0 Å². The molecule has 156 valence electrons. The summed E-state index contributed by atoms with van der Waals surface area (Å²) >= 11 is -1.93. The first-order chi connectivity index (χ1) is 14.1. The second-order valence-corrected chi connectivity index (χ2v) is 9.34. The Morgan fingerprint density at radius 1 is 1.07 bits per heavy atom. The van der Waals surface area contributed by atoms with Crippen molar-refractivity contribution < 1.29 is 8.76 Å². The van der Waals surface area contributed by atoms with Crippen LogP contribution in [0, 0.1) is 11.8 Å². The molecule has 2 aromatic carbocycles. The topological polar surface area (TPSA) is 52.6 Å². The summed E-state index contributed by atoms with van der Waals surface area (Å²) in [4.78, 5) is 2.66. The van der Waals surface area contributed by atoms with Crippen molar-refractivity contribution in [1.82, 2.24) is 9.62 Å². The highest BCUT2D eigenvalue weighted by atomic mass is 32.2. The van der Waals surface area contributed by atoms with E-state index in [2.05, 4.69) is 71.1 Å². The van der Waals surface area contributed by atoms with Gasteiger partial charge in [-0.25, -0.2) is 8.93 Å². The van der Waals surface area contributed by atoms with Gasteiger partial charge in [0.1, 0.15) is 0 Å². The molecule has 1 saturated carbocycles. The Balaban J connectivity index is 1.31. The van der Waals surface area contributed by atoms with Gasteiger partial charge in [-0.05, 0) is 60.8 Å². The van der Waals surface area contributed by atoms with Crippen molar-refractivity contribution in [2.45, 2.75) is 38.0 Å². The highest BCUT2D eigenvalue weighted by Crippen LogP contribution is 2.65. The fraction of sp³-hybridized carbons (Fsp3) is 0.500. The van der Waals surface area contributed by atoms with Crippen molar-refractivity contribution in [2.24, 2.45) is 11.8 Å². The van der Waals surface area contributed by atoms with Crippen LogP contribution < -0.4 is 4.72 Å². The van der Waals surface area contributed by atoms with Gasteiger partial charge in [-0.3, -0.25) is 4.55 Å². The Kier molecular flexibility index (Phi) is 6.50. The quantitative estimate of drug-likeness (QED) is 0.584. The SMILES string of the molecule is CCC1(c2cccc(CCNS(=O)O)c2)C2CN(CCCc3ccccc3)CC21. The average Bonchev–Trinajstić information content (AvgIpc) is 3.11. The van der Waals surface area contributed by atoms with Crippen LogP contribution in [0.15, 0.2) is 54.6 Å². The Bertz CT molecular complexity index is 830. The van der Waals surface area contributed by atoms with Crippen LogP contribution in [0.5, 0.6) is 0 Å². The molecule has 3 unspecified atom stereocenters. The average molecular weight is 413 g/mol. The van der Waals surface area contributed by atoms with Crippen LogP contribution in [0.3, 0.4) is 0 Å². The summed E-state index contributed by atoms with van der Waals surface area (Å²) in [5, 5.41) is 0.